The van der Waals surface area contributed by atoms with Crippen LogP contribution in [0.25, 0.3) is 10.9 Å². The summed E-state index contributed by atoms with van der Waals surface area (Å²) >= 11 is 0. The molecule has 2 aromatic heterocycles. The van der Waals surface area contributed by atoms with Gasteiger partial charge >= 0.3 is 6.36 Å². The number of hydrogen-bond acceptors (Lipinski definition) is 3. The van der Waals surface area contributed by atoms with Gasteiger partial charge in [-0.3, -0.25) is 14.7 Å². The van der Waals surface area contributed by atoms with Crippen molar-refractivity contribution in [2.24, 2.45) is 0 Å². The summed E-state index contributed by atoms with van der Waals surface area (Å²) in [6.07, 6.45) is -4.81. The van der Waals surface area contributed by atoms with E-state index in [9.17, 15) is 22.8 Å². The third-order valence-corrected chi connectivity index (χ3v) is 4.31. The predicted molar refractivity (Wildman–Crippen MR) is 85.0 cm³/mol. The lowest BCUT2D eigenvalue weighted by atomic mass is 9.96. The van der Waals surface area contributed by atoms with Crippen LogP contribution >= 0.6 is 0 Å². The van der Waals surface area contributed by atoms with E-state index in [2.05, 4.69) is 19.9 Å². The number of aromatic nitrogens is 3. The summed E-state index contributed by atoms with van der Waals surface area (Å²) in [6.45, 7) is 0.821. The number of carbonyl (C=O) groups is 1. The number of halogens is 3. The molecule has 1 aliphatic rings. The minimum absolute atomic E-state index is 0.0198. The van der Waals surface area contributed by atoms with E-state index < -0.39 is 6.36 Å². The molecule has 3 N–H and O–H groups in total. The van der Waals surface area contributed by atoms with Crippen molar-refractivity contribution in [2.75, 3.05) is 13.1 Å². The molecular formula is C16H13F3N4O3. The summed E-state index contributed by atoms with van der Waals surface area (Å²) in [5, 5.41) is 5.37. The Bertz CT molecular complexity index is 1030. The van der Waals surface area contributed by atoms with E-state index in [1.165, 1.54) is 24.3 Å². The monoisotopic (exact) mass is 366 g/mol. The number of aromatic amines is 3. The average molecular weight is 366 g/mol. The lowest BCUT2D eigenvalue weighted by molar-refractivity contribution is -0.274. The van der Waals surface area contributed by atoms with E-state index in [0.29, 0.717) is 18.6 Å². The summed E-state index contributed by atoms with van der Waals surface area (Å²) in [7, 11) is 0. The van der Waals surface area contributed by atoms with Crippen LogP contribution in [-0.2, 0) is 0 Å². The fourth-order valence-electron chi connectivity index (χ4n) is 3.03. The summed E-state index contributed by atoms with van der Waals surface area (Å²) in [4.78, 5) is 28.0. The first-order chi connectivity index (χ1) is 12.3. The second-order valence-electron chi connectivity index (χ2n) is 6.07. The zero-order chi connectivity index (χ0) is 18.5. The van der Waals surface area contributed by atoms with Crippen molar-refractivity contribution >= 4 is 16.8 Å². The summed E-state index contributed by atoms with van der Waals surface area (Å²) in [6, 6.07) is 6.97. The molecule has 0 saturated carbocycles. The van der Waals surface area contributed by atoms with Crippen LogP contribution in [0.4, 0.5) is 13.2 Å². The molecular weight excluding hydrogens is 353 g/mol. The van der Waals surface area contributed by atoms with Gasteiger partial charge in [0.15, 0.2) is 0 Å². The van der Waals surface area contributed by atoms with Crippen molar-refractivity contribution in [1.29, 1.82) is 0 Å². The maximum atomic E-state index is 12.5. The fourth-order valence-corrected chi connectivity index (χ4v) is 3.03. The molecule has 1 amide bonds. The Kier molecular flexibility index (Phi) is 3.56. The molecule has 1 aromatic carbocycles. The van der Waals surface area contributed by atoms with Gasteiger partial charge in [-0.05, 0) is 18.2 Å². The Morgan fingerprint density at radius 3 is 2.62 bits per heavy atom. The molecule has 0 aliphatic carbocycles. The Balaban J connectivity index is 1.53. The second-order valence-corrected chi connectivity index (χ2v) is 6.07. The summed E-state index contributed by atoms with van der Waals surface area (Å²) < 4.78 is 41.5. The number of nitrogens with zero attached hydrogens (tertiary/aromatic N) is 1. The van der Waals surface area contributed by atoms with E-state index in [1.807, 2.05) is 0 Å². The largest absolute Gasteiger partial charge is 0.573 e. The Hall–Kier alpha value is -3.17. The number of benzene rings is 1. The van der Waals surface area contributed by atoms with Crippen LogP contribution in [0.15, 0.2) is 35.1 Å². The van der Waals surface area contributed by atoms with Crippen LogP contribution < -0.4 is 10.3 Å². The minimum Gasteiger partial charge on any atom is -0.405 e. The molecule has 26 heavy (non-hydrogen) atoms. The first-order valence-electron chi connectivity index (χ1n) is 7.74. The third kappa shape index (κ3) is 2.93. The highest BCUT2D eigenvalue weighted by atomic mass is 19.4. The minimum atomic E-state index is -4.81. The zero-order valence-electron chi connectivity index (χ0n) is 13.2. The smallest absolute Gasteiger partial charge is 0.405 e. The first kappa shape index (κ1) is 16.3. The molecule has 10 heteroatoms. The number of ether oxygens (including phenoxy) is 1. The van der Waals surface area contributed by atoms with Crippen LogP contribution in [0, 0.1) is 0 Å². The number of likely N-dealkylation sites (tertiary alicyclic amines) is 1. The van der Waals surface area contributed by atoms with Gasteiger partial charge in [-0.2, -0.15) is 0 Å². The van der Waals surface area contributed by atoms with Crippen LogP contribution in [0.3, 0.4) is 0 Å². The van der Waals surface area contributed by atoms with Crippen molar-refractivity contribution in [2.45, 2.75) is 12.3 Å². The number of rotatable bonds is 3. The molecule has 0 radical (unpaired) electrons. The van der Waals surface area contributed by atoms with E-state index in [-0.39, 0.29) is 34.2 Å². The topological polar surface area (TPSA) is 94.0 Å². The van der Waals surface area contributed by atoms with Crippen molar-refractivity contribution < 1.29 is 22.7 Å². The van der Waals surface area contributed by atoms with Gasteiger partial charge in [0.2, 0.25) is 0 Å². The third-order valence-electron chi connectivity index (χ3n) is 4.31. The van der Waals surface area contributed by atoms with Gasteiger partial charge in [0.25, 0.3) is 11.5 Å². The normalized spacial score (nSPS) is 15.3. The van der Waals surface area contributed by atoms with E-state index in [0.717, 1.165) is 5.69 Å². The van der Waals surface area contributed by atoms with Gasteiger partial charge in [0, 0.05) is 41.7 Å². The number of hydrogen-bond donors (Lipinski definition) is 3. The number of nitrogens with one attached hydrogen (secondary N) is 3. The highest BCUT2D eigenvalue weighted by molar-refractivity contribution is 6.00. The van der Waals surface area contributed by atoms with Crippen molar-refractivity contribution in [3.05, 3.63) is 52.1 Å². The zero-order valence-corrected chi connectivity index (χ0v) is 13.2. The molecule has 136 valence electrons. The first-order valence-corrected chi connectivity index (χ1v) is 7.74. The number of carbonyl (C=O) groups excluding carboxylic acids is 1. The van der Waals surface area contributed by atoms with Gasteiger partial charge in [0.05, 0.1) is 0 Å². The maximum Gasteiger partial charge on any atom is 0.573 e. The Morgan fingerprint density at radius 1 is 1.19 bits per heavy atom. The number of amides is 1. The highest BCUT2D eigenvalue weighted by Gasteiger charge is 2.35. The molecule has 1 saturated heterocycles. The predicted octanol–water partition coefficient (Wildman–Crippen LogP) is 2.32. The van der Waals surface area contributed by atoms with Crippen molar-refractivity contribution in [3.63, 3.8) is 0 Å². The van der Waals surface area contributed by atoms with Crippen LogP contribution in [0.2, 0.25) is 0 Å². The standard InChI is InChI=1S/C16H13F3N4O3/c17-16(18,19)26-13-3-1-2-10-9(13)4-12(20-10)15(25)23-6-8(7-23)11-5-14(24)22-21-11/h1-5,8,20H,6-7H2,(H2,21,22,24). The van der Waals surface area contributed by atoms with Gasteiger partial charge in [-0.1, -0.05) is 6.07 Å². The second kappa shape index (κ2) is 5.68. The van der Waals surface area contributed by atoms with Gasteiger partial charge in [-0.15, -0.1) is 13.2 Å². The van der Waals surface area contributed by atoms with Gasteiger partial charge in [0.1, 0.15) is 11.4 Å². The Morgan fingerprint density at radius 2 is 1.96 bits per heavy atom. The summed E-state index contributed by atoms with van der Waals surface area (Å²) in [5.74, 6) is -0.670. The molecule has 1 fully saturated rings. The quantitative estimate of drug-likeness (QED) is 0.664. The molecule has 7 nitrogen and oxygen atoms in total. The lowest BCUT2D eigenvalue weighted by Crippen LogP contribution is -2.48. The summed E-state index contributed by atoms with van der Waals surface area (Å²) in [5.41, 5.74) is 1.04. The number of H-pyrrole nitrogens is 3. The molecule has 1 aliphatic heterocycles. The van der Waals surface area contributed by atoms with Crippen molar-refractivity contribution in [3.8, 4) is 5.75 Å². The van der Waals surface area contributed by atoms with E-state index in [1.54, 1.807) is 11.0 Å². The molecule has 0 atom stereocenters. The van der Waals surface area contributed by atoms with Crippen LogP contribution in [0.5, 0.6) is 5.75 Å². The number of fused-ring (bicyclic) bond motifs is 1. The van der Waals surface area contributed by atoms with Crippen LogP contribution in [0.1, 0.15) is 22.1 Å². The average Bonchev–Trinajstić information content (AvgIpc) is 3.11. The van der Waals surface area contributed by atoms with E-state index in [4.69, 9.17) is 0 Å². The molecule has 4 rings (SSSR count). The lowest BCUT2D eigenvalue weighted by Gasteiger charge is -2.38. The fraction of sp³-hybridized carbons (Fsp3) is 0.250. The molecule has 3 heterocycles. The Labute approximate surface area is 143 Å². The van der Waals surface area contributed by atoms with Crippen LogP contribution in [-0.4, -0.2) is 45.4 Å². The highest BCUT2D eigenvalue weighted by Crippen LogP contribution is 2.32. The molecule has 0 unspecified atom stereocenters. The molecule has 3 aromatic rings. The molecule has 0 bridgehead atoms. The molecule has 0 spiro atoms. The number of alkyl halides is 3. The SMILES string of the molecule is O=C(c1cc2c(OC(F)(F)F)cccc2[nH]1)N1CC(c2cc(=O)[nH][nH]2)C1. The van der Waals surface area contributed by atoms with Crippen molar-refractivity contribution in [1.82, 2.24) is 20.1 Å². The van der Waals surface area contributed by atoms with Gasteiger partial charge < -0.3 is 19.7 Å². The van der Waals surface area contributed by atoms with Gasteiger partial charge in [-0.25, -0.2) is 0 Å². The maximum absolute atomic E-state index is 12.5. The van der Waals surface area contributed by atoms with E-state index >= 15 is 0 Å².